The number of carbonyl (C=O) groups is 1. The molecule has 0 radical (unpaired) electrons. The zero-order chi connectivity index (χ0) is 16.6. The Morgan fingerprint density at radius 2 is 1.91 bits per heavy atom. The number of anilines is 1. The lowest BCUT2D eigenvalue weighted by atomic mass is 9.78. The Morgan fingerprint density at radius 1 is 1.22 bits per heavy atom. The summed E-state index contributed by atoms with van der Waals surface area (Å²) in [5.41, 5.74) is 6.63. The average molecular weight is 377 g/mol. The van der Waals surface area contributed by atoms with Crippen LogP contribution in [0.25, 0.3) is 0 Å². The number of nitrogens with two attached hydrogens (primary N) is 1. The minimum Gasteiger partial charge on any atom is -0.327 e. The van der Waals surface area contributed by atoms with Gasteiger partial charge in [0, 0.05) is 24.2 Å². The van der Waals surface area contributed by atoms with Gasteiger partial charge in [0.05, 0.1) is 22.3 Å². The molecule has 0 spiro atoms. The van der Waals surface area contributed by atoms with Crippen LogP contribution in [0.3, 0.4) is 0 Å². The fraction of sp³-hybridized carbons (Fsp3) is 0.562. The molecule has 1 aromatic carbocycles. The highest BCUT2D eigenvalue weighted by Crippen LogP contribution is 2.36. The van der Waals surface area contributed by atoms with Crippen LogP contribution in [0, 0.1) is 11.8 Å². The summed E-state index contributed by atoms with van der Waals surface area (Å²) in [6, 6.07) is 3.39. The maximum Gasteiger partial charge on any atom is 0.238 e. The van der Waals surface area contributed by atoms with E-state index in [2.05, 4.69) is 10.2 Å². The molecule has 1 aliphatic heterocycles. The first-order valence-corrected chi connectivity index (χ1v) is 8.99. The quantitative estimate of drug-likeness (QED) is 0.846. The van der Waals surface area contributed by atoms with E-state index in [4.69, 9.17) is 40.5 Å². The zero-order valence-corrected chi connectivity index (χ0v) is 15.0. The molecule has 126 valence electrons. The summed E-state index contributed by atoms with van der Waals surface area (Å²) in [6.45, 7) is 2.16. The van der Waals surface area contributed by atoms with Gasteiger partial charge in [-0.2, -0.15) is 0 Å². The Balaban J connectivity index is 1.60. The first-order valence-electron chi connectivity index (χ1n) is 7.86. The monoisotopic (exact) mass is 375 g/mol. The van der Waals surface area contributed by atoms with E-state index in [1.54, 1.807) is 12.1 Å². The topological polar surface area (TPSA) is 58.4 Å². The molecule has 1 aliphatic carbocycles. The van der Waals surface area contributed by atoms with Crippen molar-refractivity contribution in [2.75, 3.05) is 25.0 Å². The highest BCUT2D eigenvalue weighted by molar-refractivity contribution is 6.42. The molecule has 1 saturated heterocycles. The van der Waals surface area contributed by atoms with Gasteiger partial charge in [0.25, 0.3) is 0 Å². The summed E-state index contributed by atoms with van der Waals surface area (Å²) in [4.78, 5) is 14.5. The van der Waals surface area contributed by atoms with Gasteiger partial charge < -0.3 is 11.1 Å². The van der Waals surface area contributed by atoms with E-state index in [-0.39, 0.29) is 11.9 Å². The Kier molecular flexibility index (Phi) is 5.39. The first kappa shape index (κ1) is 17.3. The zero-order valence-electron chi connectivity index (χ0n) is 12.7. The molecule has 2 fully saturated rings. The van der Waals surface area contributed by atoms with Crippen molar-refractivity contribution in [2.45, 2.75) is 25.3 Å². The molecule has 1 amide bonds. The SMILES string of the molecule is NC1CCCC2CN(CC(=O)Nc3c(Cl)cc(Cl)cc3Cl)CC12. The van der Waals surface area contributed by atoms with Gasteiger partial charge in [0.1, 0.15) is 0 Å². The molecule has 0 aromatic heterocycles. The molecule has 3 rings (SSSR count). The van der Waals surface area contributed by atoms with E-state index in [1.807, 2.05) is 0 Å². The van der Waals surface area contributed by atoms with Crippen LogP contribution in [0.15, 0.2) is 12.1 Å². The van der Waals surface area contributed by atoms with Gasteiger partial charge in [-0.15, -0.1) is 0 Å². The molecule has 1 aromatic rings. The smallest absolute Gasteiger partial charge is 0.238 e. The van der Waals surface area contributed by atoms with Gasteiger partial charge in [0.15, 0.2) is 0 Å². The number of nitrogens with one attached hydrogen (secondary N) is 1. The predicted molar refractivity (Wildman–Crippen MR) is 95.3 cm³/mol. The minimum atomic E-state index is -0.122. The number of nitrogens with zero attached hydrogens (tertiary/aromatic N) is 1. The van der Waals surface area contributed by atoms with E-state index in [9.17, 15) is 4.79 Å². The molecular formula is C16H20Cl3N3O. The molecule has 3 N–H and O–H groups in total. The van der Waals surface area contributed by atoms with Crippen molar-refractivity contribution in [1.29, 1.82) is 0 Å². The van der Waals surface area contributed by atoms with Crippen LogP contribution >= 0.6 is 34.8 Å². The second kappa shape index (κ2) is 7.16. The van der Waals surface area contributed by atoms with Gasteiger partial charge in [0.2, 0.25) is 5.91 Å². The Morgan fingerprint density at radius 3 is 2.57 bits per heavy atom. The predicted octanol–water partition coefficient (Wildman–Crippen LogP) is 3.64. The number of amides is 1. The van der Waals surface area contributed by atoms with Crippen LogP contribution in [-0.2, 0) is 4.79 Å². The summed E-state index contributed by atoms with van der Waals surface area (Å²) < 4.78 is 0. The van der Waals surface area contributed by atoms with E-state index < -0.39 is 0 Å². The molecule has 0 bridgehead atoms. The Bertz CT molecular complexity index is 587. The number of likely N-dealkylation sites (tertiary alicyclic amines) is 1. The van der Waals surface area contributed by atoms with E-state index in [0.29, 0.717) is 39.1 Å². The van der Waals surface area contributed by atoms with Crippen LogP contribution in [0.4, 0.5) is 5.69 Å². The fourth-order valence-corrected chi connectivity index (χ4v) is 4.69. The summed E-state index contributed by atoms with van der Waals surface area (Å²) >= 11 is 18.1. The van der Waals surface area contributed by atoms with Crippen LogP contribution in [0.2, 0.25) is 15.1 Å². The number of hydrogen-bond donors (Lipinski definition) is 2. The van der Waals surface area contributed by atoms with Crippen LogP contribution in [0.5, 0.6) is 0 Å². The molecule has 2 aliphatic rings. The van der Waals surface area contributed by atoms with E-state index >= 15 is 0 Å². The second-order valence-corrected chi connectivity index (χ2v) is 7.76. The lowest BCUT2D eigenvalue weighted by Crippen LogP contribution is -2.38. The third-order valence-corrected chi connectivity index (χ3v) is 5.68. The third kappa shape index (κ3) is 3.94. The van der Waals surface area contributed by atoms with Gasteiger partial charge in [-0.05, 0) is 36.8 Å². The number of hydrogen-bond acceptors (Lipinski definition) is 3. The Hall–Kier alpha value is -0.520. The third-order valence-electron chi connectivity index (χ3n) is 4.87. The molecule has 3 unspecified atom stereocenters. The minimum absolute atomic E-state index is 0.122. The van der Waals surface area contributed by atoms with Crippen molar-refractivity contribution >= 4 is 46.4 Å². The van der Waals surface area contributed by atoms with Crippen molar-refractivity contribution in [3.8, 4) is 0 Å². The molecule has 1 saturated carbocycles. The number of fused-ring (bicyclic) bond motifs is 1. The van der Waals surface area contributed by atoms with Crippen molar-refractivity contribution in [1.82, 2.24) is 4.90 Å². The molecule has 23 heavy (non-hydrogen) atoms. The normalized spacial score (nSPS) is 27.7. The standard InChI is InChI=1S/C16H20Cl3N3O/c17-10-4-12(18)16(13(19)5-10)21-15(23)8-22-6-9-2-1-3-14(20)11(9)7-22/h4-5,9,11,14H,1-3,6-8,20H2,(H,21,23). The molecule has 3 atom stereocenters. The highest BCUT2D eigenvalue weighted by atomic mass is 35.5. The molecule has 1 heterocycles. The molecular weight excluding hydrogens is 357 g/mol. The van der Waals surface area contributed by atoms with E-state index in [1.165, 1.54) is 12.8 Å². The Labute approximate surface area is 151 Å². The largest absolute Gasteiger partial charge is 0.327 e. The van der Waals surface area contributed by atoms with Gasteiger partial charge in [-0.25, -0.2) is 0 Å². The second-order valence-electron chi connectivity index (χ2n) is 6.51. The summed E-state index contributed by atoms with van der Waals surface area (Å²) in [6.07, 6.45) is 3.50. The average Bonchev–Trinajstić information content (AvgIpc) is 2.86. The highest BCUT2D eigenvalue weighted by Gasteiger charge is 2.39. The van der Waals surface area contributed by atoms with Crippen LogP contribution in [-0.4, -0.2) is 36.5 Å². The fourth-order valence-electron chi connectivity index (χ4n) is 3.78. The van der Waals surface area contributed by atoms with E-state index in [0.717, 1.165) is 19.5 Å². The summed E-state index contributed by atoms with van der Waals surface area (Å²) in [5, 5.41) is 3.91. The number of benzene rings is 1. The van der Waals surface area contributed by atoms with Gasteiger partial charge in [-0.3, -0.25) is 9.69 Å². The lowest BCUT2D eigenvalue weighted by Gasteiger charge is -2.29. The number of rotatable bonds is 3. The number of halogens is 3. The van der Waals surface area contributed by atoms with Crippen LogP contribution < -0.4 is 11.1 Å². The summed E-state index contributed by atoms with van der Waals surface area (Å²) in [5.74, 6) is 1.01. The summed E-state index contributed by atoms with van der Waals surface area (Å²) in [7, 11) is 0. The van der Waals surface area contributed by atoms with Gasteiger partial charge >= 0.3 is 0 Å². The van der Waals surface area contributed by atoms with Gasteiger partial charge in [-0.1, -0.05) is 41.2 Å². The lowest BCUT2D eigenvalue weighted by molar-refractivity contribution is -0.117. The van der Waals surface area contributed by atoms with Crippen molar-refractivity contribution < 1.29 is 4.79 Å². The van der Waals surface area contributed by atoms with Crippen molar-refractivity contribution in [3.05, 3.63) is 27.2 Å². The number of carbonyl (C=O) groups excluding carboxylic acids is 1. The maximum absolute atomic E-state index is 12.3. The van der Waals surface area contributed by atoms with Crippen LogP contribution in [0.1, 0.15) is 19.3 Å². The molecule has 4 nitrogen and oxygen atoms in total. The van der Waals surface area contributed by atoms with Crippen molar-refractivity contribution in [2.24, 2.45) is 17.6 Å². The van der Waals surface area contributed by atoms with Crippen molar-refractivity contribution in [3.63, 3.8) is 0 Å². The molecule has 7 heteroatoms. The maximum atomic E-state index is 12.3. The first-order chi connectivity index (χ1) is 10.9.